The van der Waals surface area contributed by atoms with E-state index in [-0.39, 0.29) is 6.54 Å². The lowest BCUT2D eigenvalue weighted by molar-refractivity contribution is -0.107. The molecule has 128 valence electrons. The average Bonchev–Trinajstić information content (AvgIpc) is 2.72. The Morgan fingerprint density at radius 1 is 0.680 bits per heavy atom. The molecule has 0 saturated heterocycles. The number of rotatable bonds is 6. The van der Waals surface area contributed by atoms with E-state index >= 15 is 0 Å². The molecular weight excluding hydrogens is 306 g/mol. The first-order valence-electron chi connectivity index (χ1n) is 8.73. The van der Waals surface area contributed by atoms with Gasteiger partial charge < -0.3 is 4.79 Å². The van der Waals surface area contributed by atoms with Gasteiger partial charge in [0.15, 0.2) is 0 Å². The van der Waals surface area contributed by atoms with Crippen molar-refractivity contribution in [3.8, 4) is 0 Å². The largest absolute Gasteiger partial charge is 0.302 e. The van der Waals surface area contributed by atoms with Crippen molar-refractivity contribution in [3.05, 3.63) is 108 Å². The van der Waals surface area contributed by atoms with Crippen LogP contribution in [0.25, 0.3) is 0 Å². The molecule has 3 aromatic rings. The summed E-state index contributed by atoms with van der Waals surface area (Å²) in [5.41, 5.74) is 2.78. The van der Waals surface area contributed by atoms with Crippen molar-refractivity contribution in [1.29, 1.82) is 0 Å². The van der Waals surface area contributed by atoms with Gasteiger partial charge in [-0.25, -0.2) is 0 Å². The van der Waals surface area contributed by atoms with Crippen molar-refractivity contribution in [1.82, 2.24) is 5.32 Å². The van der Waals surface area contributed by atoms with Crippen molar-refractivity contribution < 1.29 is 4.79 Å². The Morgan fingerprint density at radius 2 is 1.00 bits per heavy atom. The maximum Gasteiger partial charge on any atom is 0.133 e. The minimum atomic E-state index is -0.551. The van der Waals surface area contributed by atoms with Crippen LogP contribution in [0.1, 0.15) is 30.5 Å². The summed E-state index contributed by atoms with van der Waals surface area (Å²) in [6.45, 7) is 4.28. The standard InChI is InChI=1S/C21H19NO.C2H6/c23-17-16-22-21(18-10-4-1-5-11-18,19-12-6-2-7-13-19)20-14-8-3-9-15-20;1-2/h1-15,17,22H,16H2;1-2H3. The van der Waals surface area contributed by atoms with Crippen molar-refractivity contribution in [2.45, 2.75) is 19.4 Å². The second-order valence-corrected chi connectivity index (χ2v) is 5.40. The smallest absolute Gasteiger partial charge is 0.133 e. The van der Waals surface area contributed by atoms with E-state index in [4.69, 9.17) is 0 Å². The average molecular weight is 331 g/mol. The second-order valence-electron chi connectivity index (χ2n) is 5.40. The fourth-order valence-electron chi connectivity index (χ4n) is 3.07. The van der Waals surface area contributed by atoms with Gasteiger partial charge in [-0.15, -0.1) is 0 Å². The molecule has 0 atom stereocenters. The highest BCUT2D eigenvalue weighted by molar-refractivity contribution is 5.55. The zero-order chi connectivity index (χ0) is 18.0. The minimum absolute atomic E-state index is 0.276. The Hall–Kier alpha value is -2.71. The predicted molar refractivity (Wildman–Crippen MR) is 105 cm³/mol. The van der Waals surface area contributed by atoms with Crippen LogP contribution < -0.4 is 5.32 Å². The van der Waals surface area contributed by atoms with Gasteiger partial charge in [0.2, 0.25) is 0 Å². The molecule has 2 heteroatoms. The number of aldehydes is 1. The molecule has 0 aliphatic carbocycles. The fraction of sp³-hybridized carbons (Fsp3) is 0.174. The van der Waals surface area contributed by atoms with E-state index in [0.29, 0.717) is 0 Å². The van der Waals surface area contributed by atoms with Gasteiger partial charge in [0, 0.05) is 0 Å². The second kappa shape index (κ2) is 9.55. The Morgan fingerprint density at radius 3 is 1.28 bits per heavy atom. The first-order valence-corrected chi connectivity index (χ1v) is 8.73. The summed E-state index contributed by atoms with van der Waals surface area (Å²) in [5.74, 6) is 0. The lowest BCUT2D eigenvalue weighted by Gasteiger charge is -2.36. The molecular formula is C23H25NO. The molecule has 0 radical (unpaired) electrons. The zero-order valence-corrected chi connectivity index (χ0v) is 14.9. The summed E-state index contributed by atoms with van der Waals surface area (Å²) in [7, 11) is 0. The van der Waals surface area contributed by atoms with E-state index in [1.165, 1.54) is 0 Å². The Kier molecular flexibility index (Phi) is 7.12. The van der Waals surface area contributed by atoms with Gasteiger partial charge in [-0.2, -0.15) is 0 Å². The summed E-state index contributed by atoms with van der Waals surface area (Å²) < 4.78 is 0. The number of carbonyl (C=O) groups excluding carboxylic acids is 1. The molecule has 0 amide bonds. The first kappa shape index (κ1) is 18.6. The third-order valence-electron chi connectivity index (χ3n) is 4.07. The van der Waals surface area contributed by atoms with E-state index in [9.17, 15) is 4.79 Å². The molecule has 0 fully saturated rings. The van der Waals surface area contributed by atoms with Crippen LogP contribution in [-0.2, 0) is 10.3 Å². The number of carbonyl (C=O) groups is 1. The molecule has 0 aliphatic heterocycles. The van der Waals surface area contributed by atoms with Crippen LogP contribution >= 0.6 is 0 Å². The molecule has 3 aromatic carbocycles. The summed E-state index contributed by atoms with van der Waals surface area (Å²) >= 11 is 0. The molecule has 0 aliphatic rings. The number of hydrogen-bond donors (Lipinski definition) is 1. The maximum absolute atomic E-state index is 11.1. The Labute approximate surface area is 150 Å². The molecule has 1 N–H and O–H groups in total. The number of benzene rings is 3. The van der Waals surface area contributed by atoms with Crippen LogP contribution in [0.2, 0.25) is 0 Å². The molecule has 0 aromatic heterocycles. The van der Waals surface area contributed by atoms with Crippen LogP contribution in [-0.4, -0.2) is 12.8 Å². The van der Waals surface area contributed by atoms with Gasteiger partial charge in [0.25, 0.3) is 0 Å². The number of nitrogens with one attached hydrogen (secondary N) is 1. The third-order valence-corrected chi connectivity index (χ3v) is 4.07. The molecule has 25 heavy (non-hydrogen) atoms. The summed E-state index contributed by atoms with van der Waals surface area (Å²) in [5, 5.41) is 3.46. The van der Waals surface area contributed by atoms with Crippen LogP contribution in [0, 0.1) is 0 Å². The topological polar surface area (TPSA) is 29.1 Å². The molecule has 0 heterocycles. The van der Waals surface area contributed by atoms with Crippen molar-refractivity contribution in [2.75, 3.05) is 6.54 Å². The van der Waals surface area contributed by atoms with Crippen molar-refractivity contribution in [2.24, 2.45) is 0 Å². The van der Waals surface area contributed by atoms with Gasteiger partial charge >= 0.3 is 0 Å². The SMILES string of the molecule is CC.O=CCNC(c1ccccc1)(c1ccccc1)c1ccccc1. The molecule has 0 bridgehead atoms. The predicted octanol–water partition coefficient (Wildman–Crippen LogP) is 4.79. The van der Waals surface area contributed by atoms with Crippen molar-refractivity contribution >= 4 is 6.29 Å². The van der Waals surface area contributed by atoms with Gasteiger partial charge in [-0.3, -0.25) is 5.32 Å². The zero-order valence-electron chi connectivity index (χ0n) is 14.9. The lowest BCUT2D eigenvalue weighted by Crippen LogP contribution is -2.45. The van der Waals surface area contributed by atoms with E-state index < -0.39 is 5.54 Å². The monoisotopic (exact) mass is 331 g/mol. The van der Waals surface area contributed by atoms with E-state index in [0.717, 1.165) is 23.0 Å². The summed E-state index contributed by atoms with van der Waals surface area (Å²) in [4.78, 5) is 11.1. The van der Waals surface area contributed by atoms with Gasteiger partial charge in [-0.1, -0.05) is 105 Å². The highest BCUT2D eigenvalue weighted by Crippen LogP contribution is 2.36. The normalized spacial score (nSPS) is 10.5. The van der Waals surface area contributed by atoms with Gasteiger partial charge in [0.1, 0.15) is 6.29 Å². The molecule has 0 spiro atoms. The van der Waals surface area contributed by atoms with Crippen LogP contribution in [0.5, 0.6) is 0 Å². The van der Waals surface area contributed by atoms with Gasteiger partial charge in [0.05, 0.1) is 12.1 Å². The van der Waals surface area contributed by atoms with Crippen LogP contribution in [0.15, 0.2) is 91.0 Å². The van der Waals surface area contributed by atoms with Crippen LogP contribution in [0.4, 0.5) is 0 Å². The molecule has 2 nitrogen and oxygen atoms in total. The van der Waals surface area contributed by atoms with Crippen LogP contribution in [0.3, 0.4) is 0 Å². The fourth-order valence-corrected chi connectivity index (χ4v) is 3.07. The number of hydrogen-bond acceptors (Lipinski definition) is 2. The Balaban J connectivity index is 0.00000109. The van der Waals surface area contributed by atoms with E-state index in [1.54, 1.807) is 0 Å². The van der Waals surface area contributed by atoms with E-state index in [1.807, 2.05) is 68.4 Å². The minimum Gasteiger partial charge on any atom is -0.302 e. The molecule has 0 saturated carbocycles. The highest BCUT2D eigenvalue weighted by atomic mass is 16.1. The highest BCUT2D eigenvalue weighted by Gasteiger charge is 2.35. The first-order chi connectivity index (χ1) is 12.4. The van der Waals surface area contributed by atoms with Gasteiger partial charge in [-0.05, 0) is 16.7 Å². The van der Waals surface area contributed by atoms with Crippen molar-refractivity contribution in [3.63, 3.8) is 0 Å². The summed E-state index contributed by atoms with van der Waals surface area (Å²) in [6.07, 6.45) is 0.906. The third kappa shape index (κ3) is 4.04. The molecule has 0 unspecified atom stereocenters. The summed E-state index contributed by atoms with van der Waals surface area (Å²) in [6, 6.07) is 30.7. The quantitative estimate of drug-likeness (QED) is 0.519. The Bertz CT molecular complexity index is 642. The maximum atomic E-state index is 11.1. The lowest BCUT2D eigenvalue weighted by atomic mass is 9.77. The molecule has 3 rings (SSSR count). The van der Waals surface area contributed by atoms with E-state index in [2.05, 4.69) is 41.7 Å².